The van der Waals surface area contributed by atoms with Crippen LogP contribution in [0.15, 0.2) is 18.2 Å². The molecule has 3 rings (SSSR count). The van der Waals surface area contributed by atoms with Crippen molar-refractivity contribution in [1.82, 2.24) is 5.32 Å². The molecule has 4 heteroatoms. The minimum atomic E-state index is 0.0534. The van der Waals surface area contributed by atoms with E-state index in [1.165, 1.54) is 12.0 Å². The van der Waals surface area contributed by atoms with Crippen LogP contribution in [-0.4, -0.2) is 33.0 Å². The summed E-state index contributed by atoms with van der Waals surface area (Å²) < 4.78 is 17.3. The molecule has 0 saturated heterocycles. The van der Waals surface area contributed by atoms with Crippen LogP contribution in [0.4, 0.5) is 0 Å². The van der Waals surface area contributed by atoms with Crippen LogP contribution in [0, 0.1) is 0 Å². The average Bonchev–Trinajstić information content (AvgIpc) is 2.71. The number of nitrogens with one attached hydrogen (secondary N) is 1. The van der Waals surface area contributed by atoms with Gasteiger partial charge in [0.2, 0.25) is 0 Å². The van der Waals surface area contributed by atoms with Crippen molar-refractivity contribution in [3.8, 4) is 11.5 Å². The zero-order valence-corrected chi connectivity index (χ0v) is 13.0. The fraction of sp³-hybridized carbons (Fsp3) is 0.647. The molecule has 1 fully saturated rings. The second-order valence-corrected chi connectivity index (χ2v) is 6.04. The molecule has 0 aromatic heterocycles. The molecule has 1 unspecified atom stereocenters. The van der Waals surface area contributed by atoms with Crippen molar-refractivity contribution in [1.29, 1.82) is 0 Å². The van der Waals surface area contributed by atoms with Gasteiger partial charge in [-0.15, -0.1) is 0 Å². The van der Waals surface area contributed by atoms with E-state index >= 15 is 0 Å². The minimum absolute atomic E-state index is 0.0534. The Hall–Kier alpha value is -1.26. The molecule has 2 aliphatic rings. The zero-order valence-electron chi connectivity index (χ0n) is 13.0. The summed E-state index contributed by atoms with van der Waals surface area (Å²) in [6.07, 6.45) is 5.52. The molecular weight excluding hydrogens is 266 g/mol. The lowest BCUT2D eigenvalue weighted by molar-refractivity contribution is -0.0834. The van der Waals surface area contributed by atoms with Crippen LogP contribution in [0.3, 0.4) is 0 Å². The lowest BCUT2D eigenvalue weighted by Gasteiger charge is -2.43. The molecular formula is C17H25NO3. The molecule has 1 aliphatic heterocycles. The maximum atomic E-state index is 5.80. The van der Waals surface area contributed by atoms with Crippen LogP contribution >= 0.6 is 0 Å². The molecule has 1 aliphatic carbocycles. The fourth-order valence-corrected chi connectivity index (χ4v) is 3.22. The van der Waals surface area contributed by atoms with Crippen LogP contribution in [0.25, 0.3) is 0 Å². The van der Waals surface area contributed by atoms with Crippen LogP contribution in [-0.2, 0) is 4.74 Å². The Morgan fingerprint density at radius 3 is 2.57 bits per heavy atom. The maximum Gasteiger partial charge on any atom is 0.161 e. The summed E-state index contributed by atoms with van der Waals surface area (Å²) in [5.41, 5.74) is 1.29. The molecule has 1 aromatic rings. The smallest absolute Gasteiger partial charge is 0.161 e. The molecule has 0 radical (unpaired) electrons. The van der Waals surface area contributed by atoms with Gasteiger partial charge in [0, 0.05) is 19.6 Å². The van der Waals surface area contributed by atoms with Crippen LogP contribution in [0.1, 0.15) is 43.7 Å². The van der Waals surface area contributed by atoms with E-state index < -0.39 is 0 Å². The van der Waals surface area contributed by atoms with Gasteiger partial charge < -0.3 is 19.5 Å². The molecule has 1 saturated carbocycles. The second kappa shape index (κ2) is 6.24. The molecule has 116 valence electrons. The van der Waals surface area contributed by atoms with Crippen molar-refractivity contribution in [2.75, 3.05) is 27.4 Å². The van der Waals surface area contributed by atoms with Gasteiger partial charge in [-0.2, -0.15) is 0 Å². The van der Waals surface area contributed by atoms with E-state index in [1.807, 2.05) is 20.2 Å². The Bertz CT molecular complexity index is 479. The quantitative estimate of drug-likeness (QED) is 0.905. The summed E-state index contributed by atoms with van der Waals surface area (Å²) in [5.74, 6) is 1.72. The lowest BCUT2D eigenvalue weighted by atomic mass is 9.74. The normalized spacial score (nSPS) is 21.2. The minimum Gasteiger partial charge on any atom is -0.490 e. The van der Waals surface area contributed by atoms with Gasteiger partial charge in [0.25, 0.3) is 0 Å². The van der Waals surface area contributed by atoms with Crippen molar-refractivity contribution in [3.63, 3.8) is 0 Å². The second-order valence-electron chi connectivity index (χ2n) is 6.04. The number of hydrogen-bond acceptors (Lipinski definition) is 4. The number of methoxy groups -OCH3 is 1. The summed E-state index contributed by atoms with van der Waals surface area (Å²) in [6, 6.07) is 6.56. The Morgan fingerprint density at radius 2 is 1.95 bits per heavy atom. The van der Waals surface area contributed by atoms with E-state index in [9.17, 15) is 0 Å². The summed E-state index contributed by atoms with van der Waals surface area (Å²) in [5, 5.41) is 3.42. The van der Waals surface area contributed by atoms with Gasteiger partial charge in [-0.3, -0.25) is 0 Å². The van der Waals surface area contributed by atoms with Crippen molar-refractivity contribution >= 4 is 0 Å². The third kappa shape index (κ3) is 3.01. The first-order chi connectivity index (χ1) is 10.3. The van der Waals surface area contributed by atoms with Crippen molar-refractivity contribution in [2.45, 2.75) is 43.7 Å². The van der Waals surface area contributed by atoms with Crippen molar-refractivity contribution in [2.24, 2.45) is 0 Å². The number of benzene rings is 1. The SMILES string of the molecule is CNC(CC1(OC)CCC1)c1ccc2c(c1)OCCCO2. The zero-order chi connectivity index (χ0) is 14.7. The summed E-state index contributed by atoms with van der Waals surface area (Å²) >= 11 is 0. The van der Waals surface area contributed by atoms with Crippen LogP contribution < -0.4 is 14.8 Å². The molecule has 4 nitrogen and oxygen atoms in total. The van der Waals surface area contributed by atoms with Crippen molar-refractivity contribution in [3.05, 3.63) is 23.8 Å². The third-order valence-electron chi connectivity index (χ3n) is 4.80. The summed E-state index contributed by atoms with van der Waals surface area (Å²) in [4.78, 5) is 0. The molecule has 1 heterocycles. The van der Waals surface area contributed by atoms with E-state index in [-0.39, 0.29) is 11.6 Å². The van der Waals surface area contributed by atoms with E-state index in [4.69, 9.17) is 14.2 Å². The standard InChI is InChI=1S/C17H25NO3/c1-18-14(12-17(19-2)7-3-8-17)13-5-6-15-16(11-13)21-10-4-9-20-15/h5-6,11,14,18H,3-4,7-10,12H2,1-2H3. The highest BCUT2D eigenvalue weighted by atomic mass is 16.5. The molecule has 0 amide bonds. The highest BCUT2D eigenvalue weighted by Crippen LogP contribution is 2.42. The van der Waals surface area contributed by atoms with E-state index in [1.54, 1.807) is 0 Å². The largest absolute Gasteiger partial charge is 0.490 e. The first kappa shape index (κ1) is 14.7. The van der Waals surface area contributed by atoms with Gasteiger partial charge >= 0.3 is 0 Å². The van der Waals surface area contributed by atoms with Crippen LogP contribution in [0.2, 0.25) is 0 Å². The Kier molecular flexibility index (Phi) is 4.36. The number of ether oxygens (including phenoxy) is 3. The predicted octanol–water partition coefficient (Wildman–Crippen LogP) is 3.07. The number of rotatable bonds is 5. The molecule has 0 bridgehead atoms. The molecule has 21 heavy (non-hydrogen) atoms. The average molecular weight is 291 g/mol. The van der Waals surface area contributed by atoms with Gasteiger partial charge in [-0.25, -0.2) is 0 Å². The lowest BCUT2D eigenvalue weighted by Crippen LogP contribution is -2.42. The maximum absolute atomic E-state index is 5.80. The van der Waals surface area contributed by atoms with Crippen molar-refractivity contribution < 1.29 is 14.2 Å². The van der Waals surface area contributed by atoms with Crippen LogP contribution in [0.5, 0.6) is 11.5 Å². The Morgan fingerprint density at radius 1 is 1.19 bits per heavy atom. The van der Waals surface area contributed by atoms with Gasteiger partial charge in [0.15, 0.2) is 11.5 Å². The fourth-order valence-electron chi connectivity index (χ4n) is 3.22. The van der Waals surface area contributed by atoms with E-state index in [0.29, 0.717) is 0 Å². The first-order valence-corrected chi connectivity index (χ1v) is 7.88. The molecule has 1 atom stereocenters. The van der Waals surface area contributed by atoms with E-state index in [2.05, 4.69) is 17.4 Å². The Labute approximate surface area is 126 Å². The third-order valence-corrected chi connectivity index (χ3v) is 4.80. The first-order valence-electron chi connectivity index (χ1n) is 7.88. The molecule has 1 N–H and O–H groups in total. The van der Waals surface area contributed by atoms with E-state index in [0.717, 1.165) is 50.4 Å². The topological polar surface area (TPSA) is 39.7 Å². The van der Waals surface area contributed by atoms with Gasteiger partial charge in [0.1, 0.15) is 0 Å². The highest BCUT2D eigenvalue weighted by molar-refractivity contribution is 5.44. The number of hydrogen-bond donors (Lipinski definition) is 1. The van der Waals surface area contributed by atoms with Gasteiger partial charge in [-0.1, -0.05) is 6.07 Å². The summed E-state index contributed by atoms with van der Waals surface area (Å²) in [6.45, 7) is 1.46. The predicted molar refractivity (Wildman–Crippen MR) is 82.1 cm³/mol. The highest BCUT2D eigenvalue weighted by Gasteiger charge is 2.39. The molecule has 1 aromatic carbocycles. The number of fused-ring (bicyclic) bond motifs is 1. The van der Waals surface area contributed by atoms with Gasteiger partial charge in [-0.05, 0) is 50.4 Å². The van der Waals surface area contributed by atoms with Gasteiger partial charge in [0.05, 0.1) is 18.8 Å². The Balaban J connectivity index is 1.79. The summed E-state index contributed by atoms with van der Waals surface area (Å²) in [7, 11) is 3.84. The molecule has 0 spiro atoms. The monoisotopic (exact) mass is 291 g/mol.